The molecule has 8 nitrogen and oxygen atoms in total. The van der Waals surface area contributed by atoms with Crippen molar-refractivity contribution in [2.24, 2.45) is 5.10 Å². The number of nitrogens with zero attached hydrogens (tertiary/aromatic N) is 1. The predicted octanol–water partition coefficient (Wildman–Crippen LogP) is 3.21. The van der Waals surface area contributed by atoms with Gasteiger partial charge in [0.15, 0.2) is 11.5 Å². The summed E-state index contributed by atoms with van der Waals surface area (Å²) in [5.74, 6) is 1.02. The van der Waals surface area contributed by atoms with Crippen LogP contribution in [0.5, 0.6) is 17.2 Å². The highest BCUT2D eigenvalue weighted by molar-refractivity contribution is 5.96. The van der Waals surface area contributed by atoms with Gasteiger partial charge in [0, 0.05) is 23.2 Å². The average Bonchev–Trinajstić information content (AvgIpc) is 2.73. The average molecular weight is 399 g/mol. The Morgan fingerprint density at radius 2 is 1.62 bits per heavy atom. The highest BCUT2D eigenvalue weighted by atomic mass is 16.5. The molecule has 0 fully saturated rings. The van der Waals surface area contributed by atoms with E-state index in [9.17, 15) is 9.59 Å². The quantitative estimate of drug-likeness (QED) is 0.498. The third-order valence-electron chi connectivity index (χ3n) is 3.97. The van der Waals surface area contributed by atoms with Gasteiger partial charge in [-0.25, -0.2) is 5.43 Å². The third-order valence-corrected chi connectivity index (χ3v) is 3.97. The van der Waals surface area contributed by atoms with Gasteiger partial charge >= 0.3 is 0 Å². The minimum atomic E-state index is -0.375. The number of hydrogen-bond acceptors (Lipinski definition) is 6. The first kappa shape index (κ1) is 21.7. The van der Waals surface area contributed by atoms with E-state index in [-0.39, 0.29) is 11.8 Å². The molecule has 2 aromatic rings. The van der Waals surface area contributed by atoms with E-state index in [2.05, 4.69) is 15.8 Å². The molecule has 8 heteroatoms. The maximum absolute atomic E-state index is 12.2. The maximum atomic E-state index is 12.2. The van der Waals surface area contributed by atoms with E-state index >= 15 is 0 Å². The summed E-state index contributed by atoms with van der Waals surface area (Å²) in [6, 6.07) is 10.0. The Kier molecular flexibility index (Phi) is 8.02. The number of anilines is 1. The number of hydrazone groups is 1. The Balaban J connectivity index is 2.03. The molecular formula is C21H25N3O5. The second-order valence-corrected chi connectivity index (χ2v) is 6.03. The number of carbonyl (C=O) groups excluding carboxylic acids is 2. The molecule has 0 unspecified atom stereocenters. The number of hydrogen-bond donors (Lipinski definition) is 2. The van der Waals surface area contributed by atoms with Crippen molar-refractivity contribution < 1.29 is 23.8 Å². The molecule has 0 bridgehead atoms. The molecule has 2 amide bonds. The molecule has 2 rings (SSSR count). The molecule has 0 aromatic heterocycles. The number of nitrogens with one attached hydrogen (secondary N) is 2. The van der Waals surface area contributed by atoms with E-state index in [1.165, 1.54) is 27.5 Å². The van der Waals surface area contributed by atoms with Gasteiger partial charge in [0.05, 0.1) is 27.5 Å². The Labute approximate surface area is 169 Å². The summed E-state index contributed by atoms with van der Waals surface area (Å²) in [4.78, 5) is 23.8. The summed E-state index contributed by atoms with van der Waals surface area (Å²) in [7, 11) is 4.57. The molecule has 0 aliphatic rings. The number of carbonyl (C=O) groups is 2. The minimum Gasteiger partial charge on any atom is -0.493 e. The van der Waals surface area contributed by atoms with Crippen LogP contribution >= 0.6 is 0 Å². The standard InChI is InChI=1S/C21H25N3O5/c1-5-6-19(25)23-16-9-7-15(8-10-16)21(26)24-22-13-14-11-17(27-2)20(29-4)18(12-14)28-3/h7-13H,5-6H2,1-4H3,(H,23,25)(H,24,26)/b22-13+. The second kappa shape index (κ2) is 10.7. The molecule has 2 N–H and O–H groups in total. The van der Waals surface area contributed by atoms with Gasteiger partial charge in [-0.1, -0.05) is 6.92 Å². The second-order valence-electron chi connectivity index (χ2n) is 6.03. The lowest BCUT2D eigenvalue weighted by molar-refractivity contribution is -0.116. The van der Waals surface area contributed by atoms with Crippen molar-refractivity contribution in [3.05, 3.63) is 47.5 Å². The Morgan fingerprint density at radius 3 is 2.14 bits per heavy atom. The van der Waals surface area contributed by atoms with Crippen LogP contribution in [0.2, 0.25) is 0 Å². The summed E-state index contributed by atoms with van der Waals surface area (Å²) in [6.07, 6.45) is 2.70. The number of rotatable bonds is 9. The molecule has 0 saturated carbocycles. The zero-order chi connectivity index (χ0) is 21.2. The smallest absolute Gasteiger partial charge is 0.271 e. The molecule has 0 aliphatic carbocycles. The highest BCUT2D eigenvalue weighted by Crippen LogP contribution is 2.37. The molecule has 0 saturated heterocycles. The van der Waals surface area contributed by atoms with E-state index in [0.717, 1.165) is 6.42 Å². The van der Waals surface area contributed by atoms with Crippen molar-refractivity contribution in [3.63, 3.8) is 0 Å². The van der Waals surface area contributed by atoms with Crippen molar-refractivity contribution in [2.75, 3.05) is 26.6 Å². The van der Waals surface area contributed by atoms with E-state index in [4.69, 9.17) is 14.2 Å². The molecule has 0 heterocycles. The molecule has 0 spiro atoms. The molecule has 0 aliphatic heterocycles. The molecule has 2 aromatic carbocycles. The lowest BCUT2D eigenvalue weighted by atomic mass is 10.2. The number of ether oxygens (including phenoxy) is 3. The Hall–Kier alpha value is -3.55. The largest absolute Gasteiger partial charge is 0.493 e. The van der Waals surface area contributed by atoms with Crippen LogP contribution in [-0.2, 0) is 4.79 Å². The summed E-state index contributed by atoms with van der Waals surface area (Å²) in [6.45, 7) is 1.94. The van der Waals surface area contributed by atoms with Crippen LogP contribution in [-0.4, -0.2) is 39.4 Å². The van der Waals surface area contributed by atoms with Crippen molar-refractivity contribution >= 4 is 23.7 Å². The SMILES string of the molecule is CCCC(=O)Nc1ccc(C(=O)N/N=C/c2cc(OC)c(OC)c(OC)c2)cc1. The van der Waals surface area contributed by atoms with E-state index in [1.807, 2.05) is 6.92 Å². The summed E-state index contributed by atoms with van der Waals surface area (Å²) < 4.78 is 15.8. The van der Waals surface area contributed by atoms with Gasteiger partial charge in [-0.3, -0.25) is 9.59 Å². The predicted molar refractivity (Wildman–Crippen MR) is 111 cm³/mol. The van der Waals surface area contributed by atoms with E-state index in [1.54, 1.807) is 36.4 Å². The van der Waals surface area contributed by atoms with Crippen LogP contribution in [0.3, 0.4) is 0 Å². The van der Waals surface area contributed by atoms with Gasteiger partial charge in [-0.05, 0) is 42.8 Å². The normalized spacial score (nSPS) is 10.5. The van der Waals surface area contributed by atoms with Gasteiger partial charge in [0.2, 0.25) is 11.7 Å². The van der Waals surface area contributed by atoms with Crippen molar-refractivity contribution in [3.8, 4) is 17.2 Å². The van der Waals surface area contributed by atoms with Gasteiger partial charge in [0.25, 0.3) is 5.91 Å². The lowest BCUT2D eigenvalue weighted by Crippen LogP contribution is -2.17. The number of amides is 2. The van der Waals surface area contributed by atoms with Gasteiger partial charge in [0.1, 0.15) is 0 Å². The Morgan fingerprint density at radius 1 is 1.00 bits per heavy atom. The fraction of sp³-hybridized carbons (Fsp3) is 0.286. The van der Waals surface area contributed by atoms with Crippen LogP contribution in [0.15, 0.2) is 41.5 Å². The van der Waals surface area contributed by atoms with Gasteiger partial charge in [-0.15, -0.1) is 0 Å². The first-order valence-corrected chi connectivity index (χ1v) is 9.05. The van der Waals surface area contributed by atoms with Crippen molar-refractivity contribution in [1.82, 2.24) is 5.43 Å². The first-order valence-electron chi connectivity index (χ1n) is 9.05. The van der Waals surface area contributed by atoms with Crippen LogP contribution < -0.4 is 25.0 Å². The molecule has 0 atom stereocenters. The number of benzene rings is 2. The van der Waals surface area contributed by atoms with E-state index < -0.39 is 0 Å². The summed E-state index contributed by atoms with van der Waals surface area (Å²) >= 11 is 0. The fourth-order valence-electron chi connectivity index (χ4n) is 2.56. The summed E-state index contributed by atoms with van der Waals surface area (Å²) in [5.41, 5.74) is 4.18. The van der Waals surface area contributed by atoms with Crippen LogP contribution in [0.1, 0.15) is 35.7 Å². The van der Waals surface area contributed by atoms with Crippen molar-refractivity contribution in [1.29, 1.82) is 0 Å². The fourth-order valence-corrected chi connectivity index (χ4v) is 2.56. The third kappa shape index (κ3) is 5.97. The van der Waals surface area contributed by atoms with Gasteiger partial charge < -0.3 is 19.5 Å². The highest BCUT2D eigenvalue weighted by Gasteiger charge is 2.12. The first-order chi connectivity index (χ1) is 14.0. The molecular weight excluding hydrogens is 374 g/mol. The zero-order valence-electron chi connectivity index (χ0n) is 16.9. The van der Waals surface area contributed by atoms with Crippen LogP contribution in [0.25, 0.3) is 0 Å². The molecule has 154 valence electrons. The van der Waals surface area contributed by atoms with Gasteiger partial charge in [-0.2, -0.15) is 5.10 Å². The maximum Gasteiger partial charge on any atom is 0.271 e. The van der Waals surface area contributed by atoms with Crippen molar-refractivity contribution in [2.45, 2.75) is 19.8 Å². The molecule has 0 radical (unpaired) electrons. The molecule has 29 heavy (non-hydrogen) atoms. The lowest BCUT2D eigenvalue weighted by Gasteiger charge is -2.12. The van der Waals surface area contributed by atoms with E-state index in [0.29, 0.717) is 40.5 Å². The van der Waals surface area contributed by atoms with Crippen LogP contribution in [0, 0.1) is 0 Å². The van der Waals surface area contributed by atoms with Crippen LogP contribution in [0.4, 0.5) is 5.69 Å². The number of methoxy groups -OCH3 is 3. The zero-order valence-corrected chi connectivity index (χ0v) is 16.9. The summed E-state index contributed by atoms with van der Waals surface area (Å²) in [5, 5.41) is 6.74. The topological polar surface area (TPSA) is 98.3 Å². The minimum absolute atomic E-state index is 0.0559. The Bertz CT molecular complexity index is 853. The monoisotopic (exact) mass is 399 g/mol.